The van der Waals surface area contributed by atoms with E-state index in [-0.39, 0.29) is 5.78 Å². The minimum absolute atomic E-state index is 0.339. The lowest BCUT2D eigenvalue weighted by Gasteiger charge is -2.35. The molecule has 0 aliphatic carbocycles. The van der Waals surface area contributed by atoms with Crippen molar-refractivity contribution < 1.29 is 18.5 Å². The van der Waals surface area contributed by atoms with Crippen LogP contribution >= 0.6 is 7.60 Å². The fraction of sp³-hybridized carbons (Fsp3) is 0.867. The van der Waals surface area contributed by atoms with Crippen molar-refractivity contribution >= 4 is 7.60 Å². The van der Waals surface area contributed by atoms with E-state index in [2.05, 4.69) is 38.2 Å². The number of rotatable bonds is 25. The Morgan fingerprint density at radius 1 is 0.657 bits per heavy atom. The van der Waals surface area contributed by atoms with E-state index >= 15 is 0 Å². The van der Waals surface area contributed by atoms with E-state index < -0.39 is 7.60 Å². The standard InChI is InChI=1S/C30H60NO3P/c1-6-8-9-10-11-12-13-14-15-16-17-18-19-20-21-22-23-24-25-26-27-29-34-35(32,33)30(28-7-2)31(3,4)5/h12-13,18-19,30H,6-11,14-17,20-29H2,1-5H3/p+1. The molecule has 0 spiro atoms. The largest absolute Gasteiger partial charge is 0.385 e. The summed E-state index contributed by atoms with van der Waals surface area (Å²) in [6.45, 7) is 4.72. The molecule has 0 saturated heterocycles. The van der Waals surface area contributed by atoms with Gasteiger partial charge < -0.3 is 13.9 Å². The van der Waals surface area contributed by atoms with Crippen LogP contribution in [0.2, 0.25) is 0 Å². The van der Waals surface area contributed by atoms with E-state index in [1.54, 1.807) is 0 Å². The Balaban J connectivity index is 3.53. The molecule has 0 aromatic carbocycles. The molecule has 0 aliphatic heterocycles. The van der Waals surface area contributed by atoms with Gasteiger partial charge in [0.1, 0.15) is 0 Å². The first-order valence-corrected chi connectivity index (χ1v) is 16.5. The molecule has 0 amide bonds. The number of allylic oxidation sites excluding steroid dienone is 4. The van der Waals surface area contributed by atoms with E-state index in [4.69, 9.17) is 4.52 Å². The predicted octanol–water partition coefficient (Wildman–Crippen LogP) is 9.78. The van der Waals surface area contributed by atoms with Crippen LogP contribution in [0.3, 0.4) is 0 Å². The number of hydrogen-bond donors (Lipinski definition) is 1. The lowest BCUT2D eigenvalue weighted by molar-refractivity contribution is -0.883. The van der Waals surface area contributed by atoms with Crippen LogP contribution in [-0.2, 0) is 9.09 Å². The maximum Gasteiger partial charge on any atom is 0.385 e. The van der Waals surface area contributed by atoms with Crippen molar-refractivity contribution in [2.45, 2.75) is 142 Å². The predicted molar refractivity (Wildman–Crippen MR) is 155 cm³/mol. The molecule has 0 saturated carbocycles. The third-order valence-corrected chi connectivity index (χ3v) is 8.92. The van der Waals surface area contributed by atoms with Crippen molar-refractivity contribution in [3.63, 3.8) is 0 Å². The monoisotopic (exact) mass is 514 g/mol. The van der Waals surface area contributed by atoms with Gasteiger partial charge in [-0.3, -0.25) is 4.57 Å². The third kappa shape index (κ3) is 21.4. The third-order valence-electron chi connectivity index (χ3n) is 6.66. The Morgan fingerprint density at radius 3 is 1.49 bits per heavy atom. The van der Waals surface area contributed by atoms with E-state index in [1.165, 1.54) is 96.3 Å². The zero-order chi connectivity index (χ0) is 26.3. The second-order valence-corrected chi connectivity index (χ2v) is 13.1. The summed E-state index contributed by atoms with van der Waals surface area (Å²) in [6, 6.07) is 0. The van der Waals surface area contributed by atoms with E-state index in [9.17, 15) is 9.46 Å². The summed E-state index contributed by atoms with van der Waals surface area (Å²) in [6.07, 6.45) is 32.4. The Kier molecular flexibility index (Phi) is 22.5. The zero-order valence-corrected chi connectivity index (χ0v) is 25.1. The highest BCUT2D eigenvalue weighted by Gasteiger charge is 2.41. The first kappa shape index (κ1) is 34.6. The van der Waals surface area contributed by atoms with Crippen LogP contribution in [0.1, 0.15) is 136 Å². The first-order chi connectivity index (χ1) is 16.8. The molecule has 0 heterocycles. The van der Waals surface area contributed by atoms with Crippen molar-refractivity contribution in [1.82, 2.24) is 0 Å². The van der Waals surface area contributed by atoms with Gasteiger partial charge in [-0.1, -0.05) is 89.5 Å². The highest BCUT2D eigenvalue weighted by Crippen LogP contribution is 2.51. The van der Waals surface area contributed by atoms with Crippen LogP contribution in [0, 0.1) is 0 Å². The molecular formula is C30H61NO3P+. The number of nitrogens with zero attached hydrogens (tertiary/aromatic N) is 1. The second-order valence-electron chi connectivity index (χ2n) is 11.1. The molecule has 5 heteroatoms. The van der Waals surface area contributed by atoms with Gasteiger partial charge in [0.2, 0.25) is 0 Å². The maximum atomic E-state index is 12.7. The van der Waals surface area contributed by atoms with Gasteiger partial charge >= 0.3 is 7.60 Å². The van der Waals surface area contributed by atoms with Gasteiger partial charge in [-0.2, -0.15) is 0 Å². The summed E-state index contributed by atoms with van der Waals surface area (Å²) < 4.78 is 18.6. The second kappa shape index (κ2) is 22.8. The Labute approximate surface area is 219 Å². The van der Waals surface area contributed by atoms with Crippen LogP contribution in [0.4, 0.5) is 0 Å². The lowest BCUT2D eigenvalue weighted by atomic mass is 10.1. The zero-order valence-electron chi connectivity index (χ0n) is 24.2. The molecule has 0 aromatic heterocycles. The molecule has 0 fully saturated rings. The number of unbranched alkanes of at least 4 members (excludes halogenated alkanes) is 14. The van der Waals surface area contributed by atoms with E-state index in [0.717, 1.165) is 19.3 Å². The van der Waals surface area contributed by atoms with Crippen LogP contribution < -0.4 is 0 Å². The average molecular weight is 515 g/mol. The van der Waals surface area contributed by atoms with Crippen LogP contribution in [0.5, 0.6) is 0 Å². The molecule has 1 N–H and O–H groups in total. The Morgan fingerprint density at radius 2 is 1.06 bits per heavy atom. The topological polar surface area (TPSA) is 46.5 Å². The minimum atomic E-state index is -3.57. The quantitative estimate of drug-likeness (QED) is 0.0570. The van der Waals surface area contributed by atoms with Gasteiger partial charge in [-0.05, 0) is 64.2 Å². The molecule has 4 nitrogen and oxygen atoms in total. The van der Waals surface area contributed by atoms with E-state index in [1.807, 2.05) is 21.1 Å². The molecule has 35 heavy (non-hydrogen) atoms. The van der Waals surface area contributed by atoms with Crippen molar-refractivity contribution in [2.75, 3.05) is 27.7 Å². The van der Waals surface area contributed by atoms with Crippen molar-refractivity contribution in [3.8, 4) is 0 Å². The van der Waals surface area contributed by atoms with Gasteiger partial charge in [-0.15, -0.1) is 0 Å². The molecule has 2 atom stereocenters. The van der Waals surface area contributed by atoms with Crippen LogP contribution in [0.25, 0.3) is 0 Å². The maximum absolute atomic E-state index is 12.7. The summed E-state index contributed by atoms with van der Waals surface area (Å²) in [7, 11) is 2.34. The summed E-state index contributed by atoms with van der Waals surface area (Å²) in [5.74, 6) is -0.339. The highest BCUT2D eigenvalue weighted by molar-refractivity contribution is 7.53. The van der Waals surface area contributed by atoms with Crippen molar-refractivity contribution in [1.29, 1.82) is 0 Å². The molecular weight excluding hydrogens is 453 g/mol. The fourth-order valence-electron chi connectivity index (χ4n) is 4.46. The van der Waals surface area contributed by atoms with Crippen LogP contribution in [-0.4, -0.2) is 42.9 Å². The summed E-state index contributed by atoms with van der Waals surface area (Å²) >= 11 is 0. The molecule has 2 unspecified atom stereocenters. The number of hydrogen-bond acceptors (Lipinski definition) is 2. The Bertz CT molecular complexity index is 568. The summed E-state index contributed by atoms with van der Waals surface area (Å²) in [5.41, 5.74) is 0. The summed E-state index contributed by atoms with van der Waals surface area (Å²) in [5, 5.41) is 0. The highest BCUT2D eigenvalue weighted by atomic mass is 31.2. The minimum Gasteiger partial charge on any atom is -0.320 e. The molecule has 208 valence electrons. The van der Waals surface area contributed by atoms with Gasteiger partial charge in [0.25, 0.3) is 0 Å². The molecule has 0 aromatic rings. The van der Waals surface area contributed by atoms with Crippen molar-refractivity contribution in [2.24, 2.45) is 0 Å². The van der Waals surface area contributed by atoms with Gasteiger partial charge in [0, 0.05) is 6.42 Å². The van der Waals surface area contributed by atoms with Crippen LogP contribution in [0.15, 0.2) is 24.3 Å². The normalized spacial score (nSPS) is 15.3. The molecule has 0 rings (SSSR count). The first-order valence-electron chi connectivity index (χ1n) is 14.8. The van der Waals surface area contributed by atoms with Crippen molar-refractivity contribution in [3.05, 3.63) is 24.3 Å². The van der Waals surface area contributed by atoms with Gasteiger partial charge in [0.05, 0.1) is 27.7 Å². The Hall–Kier alpha value is -0.410. The SMILES string of the molecule is CCCCCCC=CCCCCC=CCCCCCCCCCOP(=O)(O)C(CCC)[N+](C)(C)C. The molecule has 0 bridgehead atoms. The molecule has 0 aliphatic rings. The van der Waals surface area contributed by atoms with Gasteiger partial charge in [0.15, 0.2) is 5.78 Å². The molecule has 0 radical (unpaired) electrons. The van der Waals surface area contributed by atoms with Gasteiger partial charge in [-0.25, -0.2) is 0 Å². The summed E-state index contributed by atoms with van der Waals surface area (Å²) in [4.78, 5) is 10.4. The van der Waals surface area contributed by atoms with E-state index in [0.29, 0.717) is 17.5 Å². The lowest BCUT2D eigenvalue weighted by Crippen LogP contribution is -2.45. The smallest absolute Gasteiger partial charge is 0.320 e. The average Bonchev–Trinajstić information content (AvgIpc) is 2.80. The number of quaternary nitrogens is 1. The fourth-order valence-corrected chi connectivity index (χ4v) is 6.48.